The van der Waals surface area contributed by atoms with Crippen LogP contribution in [0, 0.1) is 6.92 Å². The molecule has 0 radical (unpaired) electrons. The second-order valence-corrected chi connectivity index (χ2v) is 3.76. The van der Waals surface area contributed by atoms with Crippen molar-refractivity contribution in [3.63, 3.8) is 0 Å². The summed E-state index contributed by atoms with van der Waals surface area (Å²) in [4.78, 5) is 0.998. The molecule has 3 heteroatoms. The van der Waals surface area contributed by atoms with Gasteiger partial charge in [0.15, 0.2) is 0 Å². The molecule has 0 aromatic heterocycles. The highest BCUT2D eigenvalue weighted by molar-refractivity contribution is 8.02. The number of hydrogen-bond donors (Lipinski definition) is 1. The SMILES string of the molecule is C=CSc1c(N)ccc(Cl)c1C. The number of halogens is 1. The predicted octanol–water partition coefficient (Wildman–Crippen LogP) is 3.47. The van der Waals surface area contributed by atoms with Crippen LogP contribution in [0.1, 0.15) is 5.56 Å². The Kier molecular flexibility index (Phi) is 3.06. The number of hydrogen-bond acceptors (Lipinski definition) is 2. The van der Waals surface area contributed by atoms with Crippen molar-refractivity contribution in [2.75, 3.05) is 5.73 Å². The van der Waals surface area contributed by atoms with Crippen molar-refractivity contribution in [2.45, 2.75) is 11.8 Å². The van der Waals surface area contributed by atoms with Crippen LogP contribution in [0.4, 0.5) is 5.69 Å². The standard InChI is InChI=1S/C9H10ClNS/c1-3-12-9-6(2)7(10)4-5-8(9)11/h3-5H,1,11H2,2H3. The molecule has 0 spiro atoms. The Bertz CT molecular complexity index is 310. The first-order valence-corrected chi connectivity index (χ1v) is 4.74. The van der Waals surface area contributed by atoms with Crippen LogP contribution in [0.5, 0.6) is 0 Å². The first kappa shape index (κ1) is 9.49. The molecular weight excluding hydrogens is 190 g/mol. The van der Waals surface area contributed by atoms with E-state index in [9.17, 15) is 0 Å². The van der Waals surface area contributed by atoms with Gasteiger partial charge in [-0.15, -0.1) is 0 Å². The molecule has 1 nitrogen and oxygen atoms in total. The van der Waals surface area contributed by atoms with Crippen molar-refractivity contribution in [3.05, 3.63) is 34.7 Å². The quantitative estimate of drug-likeness (QED) is 0.583. The Balaban J connectivity index is 3.22. The van der Waals surface area contributed by atoms with Gasteiger partial charge in [0.1, 0.15) is 0 Å². The molecule has 0 atom stereocenters. The van der Waals surface area contributed by atoms with Gasteiger partial charge < -0.3 is 5.73 Å². The van der Waals surface area contributed by atoms with Gasteiger partial charge in [-0.1, -0.05) is 29.9 Å². The molecule has 0 amide bonds. The molecule has 0 fully saturated rings. The van der Waals surface area contributed by atoms with Gasteiger partial charge in [0.2, 0.25) is 0 Å². The lowest BCUT2D eigenvalue weighted by molar-refractivity contribution is 1.31. The van der Waals surface area contributed by atoms with E-state index < -0.39 is 0 Å². The molecule has 0 saturated heterocycles. The molecular formula is C9H10ClNS. The zero-order valence-corrected chi connectivity index (χ0v) is 8.38. The van der Waals surface area contributed by atoms with E-state index in [0.29, 0.717) is 0 Å². The zero-order chi connectivity index (χ0) is 9.14. The van der Waals surface area contributed by atoms with Crippen molar-refractivity contribution in [1.82, 2.24) is 0 Å². The van der Waals surface area contributed by atoms with Crippen LogP contribution in [0.25, 0.3) is 0 Å². The maximum atomic E-state index is 5.92. The van der Waals surface area contributed by atoms with Crippen LogP contribution in [-0.2, 0) is 0 Å². The predicted molar refractivity (Wildman–Crippen MR) is 56.7 cm³/mol. The van der Waals surface area contributed by atoms with E-state index in [4.69, 9.17) is 17.3 Å². The minimum atomic E-state index is 0.744. The Morgan fingerprint density at radius 1 is 1.58 bits per heavy atom. The zero-order valence-electron chi connectivity index (χ0n) is 6.80. The number of benzene rings is 1. The van der Waals surface area contributed by atoms with Crippen LogP contribution >= 0.6 is 23.4 Å². The molecule has 64 valence electrons. The van der Waals surface area contributed by atoms with Gasteiger partial charge in [-0.3, -0.25) is 0 Å². The Labute approximate surface area is 81.6 Å². The lowest BCUT2D eigenvalue weighted by Crippen LogP contribution is -1.90. The first-order valence-electron chi connectivity index (χ1n) is 3.49. The lowest BCUT2D eigenvalue weighted by atomic mass is 10.2. The van der Waals surface area contributed by atoms with Gasteiger partial charge >= 0.3 is 0 Å². The molecule has 1 aromatic rings. The van der Waals surface area contributed by atoms with E-state index in [1.54, 1.807) is 17.5 Å². The average molecular weight is 200 g/mol. The lowest BCUT2D eigenvalue weighted by Gasteiger charge is -2.07. The fraction of sp³-hybridized carbons (Fsp3) is 0.111. The topological polar surface area (TPSA) is 26.0 Å². The molecule has 1 aromatic carbocycles. The molecule has 0 unspecified atom stereocenters. The summed E-state index contributed by atoms with van der Waals surface area (Å²) < 4.78 is 0. The van der Waals surface area contributed by atoms with E-state index in [1.165, 1.54) is 11.8 Å². The van der Waals surface area contributed by atoms with Gasteiger partial charge in [0.25, 0.3) is 0 Å². The summed E-state index contributed by atoms with van der Waals surface area (Å²) in [7, 11) is 0. The van der Waals surface area contributed by atoms with E-state index >= 15 is 0 Å². The summed E-state index contributed by atoms with van der Waals surface area (Å²) in [5.74, 6) is 0. The van der Waals surface area contributed by atoms with Crippen LogP contribution in [-0.4, -0.2) is 0 Å². The van der Waals surface area contributed by atoms with Crippen LogP contribution < -0.4 is 5.73 Å². The van der Waals surface area contributed by atoms with Gasteiger partial charge in [-0.2, -0.15) is 0 Å². The fourth-order valence-corrected chi connectivity index (χ4v) is 1.80. The summed E-state index contributed by atoms with van der Waals surface area (Å²) in [6, 6.07) is 3.61. The number of rotatable bonds is 2. The molecule has 0 aliphatic heterocycles. The van der Waals surface area contributed by atoms with Gasteiger partial charge in [-0.25, -0.2) is 0 Å². The van der Waals surface area contributed by atoms with Crippen LogP contribution in [0.2, 0.25) is 5.02 Å². The third-order valence-corrected chi connectivity index (χ3v) is 2.93. The summed E-state index contributed by atoms with van der Waals surface area (Å²) in [6.07, 6.45) is 0. The van der Waals surface area contributed by atoms with Crippen LogP contribution in [0.3, 0.4) is 0 Å². The maximum absolute atomic E-state index is 5.92. The molecule has 0 heterocycles. The maximum Gasteiger partial charge on any atom is 0.0459 e. The highest BCUT2D eigenvalue weighted by Gasteiger charge is 2.05. The van der Waals surface area contributed by atoms with Gasteiger partial charge in [0, 0.05) is 15.6 Å². The van der Waals surface area contributed by atoms with E-state index in [1.807, 2.05) is 6.92 Å². The molecule has 0 aliphatic carbocycles. The minimum absolute atomic E-state index is 0.744. The number of nitrogens with two attached hydrogens (primary N) is 1. The van der Waals surface area contributed by atoms with Crippen molar-refractivity contribution in [1.29, 1.82) is 0 Å². The Morgan fingerprint density at radius 2 is 2.25 bits per heavy atom. The van der Waals surface area contributed by atoms with Crippen LogP contribution in [0.15, 0.2) is 29.0 Å². The van der Waals surface area contributed by atoms with Gasteiger partial charge in [0.05, 0.1) is 0 Å². The largest absolute Gasteiger partial charge is 0.398 e. The summed E-state index contributed by atoms with van der Waals surface area (Å²) in [5, 5.41) is 2.49. The monoisotopic (exact) mass is 199 g/mol. The van der Waals surface area contributed by atoms with Crippen molar-refractivity contribution in [3.8, 4) is 0 Å². The van der Waals surface area contributed by atoms with Crippen molar-refractivity contribution < 1.29 is 0 Å². The highest BCUT2D eigenvalue weighted by Crippen LogP contribution is 2.33. The van der Waals surface area contributed by atoms with Gasteiger partial charge in [-0.05, 0) is 30.0 Å². The van der Waals surface area contributed by atoms with Crippen molar-refractivity contribution >= 4 is 29.1 Å². The Morgan fingerprint density at radius 3 is 2.83 bits per heavy atom. The van der Waals surface area contributed by atoms with Crippen molar-refractivity contribution in [2.24, 2.45) is 0 Å². The third-order valence-electron chi connectivity index (χ3n) is 1.57. The fourth-order valence-electron chi connectivity index (χ4n) is 0.928. The summed E-state index contributed by atoms with van der Waals surface area (Å²) in [6.45, 7) is 5.58. The molecule has 12 heavy (non-hydrogen) atoms. The minimum Gasteiger partial charge on any atom is -0.398 e. The highest BCUT2D eigenvalue weighted by atomic mass is 35.5. The summed E-state index contributed by atoms with van der Waals surface area (Å²) in [5.41, 5.74) is 7.52. The molecule has 0 aliphatic rings. The molecule has 0 bridgehead atoms. The van der Waals surface area contributed by atoms with E-state index in [0.717, 1.165) is 21.2 Å². The summed E-state index contributed by atoms with van der Waals surface area (Å²) >= 11 is 7.42. The average Bonchev–Trinajstić information content (AvgIpc) is 2.06. The second-order valence-electron chi connectivity index (χ2n) is 2.38. The van der Waals surface area contributed by atoms with E-state index in [-0.39, 0.29) is 0 Å². The third kappa shape index (κ3) is 1.76. The molecule has 2 N–H and O–H groups in total. The smallest absolute Gasteiger partial charge is 0.0459 e. The number of anilines is 1. The number of thioether (sulfide) groups is 1. The van der Waals surface area contributed by atoms with E-state index in [2.05, 4.69) is 6.58 Å². The number of nitrogen functional groups attached to an aromatic ring is 1. The Hall–Kier alpha value is -0.600. The molecule has 1 rings (SSSR count). The second kappa shape index (κ2) is 3.87. The molecule has 0 saturated carbocycles. The first-order chi connectivity index (χ1) is 5.66. The normalized spacial score (nSPS) is 9.83.